The van der Waals surface area contributed by atoms with Crippen molar-refractivity contribution < 1.29 is 0 Å². The molecule has 0 rings (SSSR count). The van der Waals surface area contributed by atoms with Gasteiger partial charge in [-0.25, -0.2) is 0 Å². The standard InChI is InChI=1S/C10H24N2/c1-6-8(3)9(4)12-10(7-2)11-5/h8-12H,6-7H2,1-5H3. The second kappa shape index (κ2) is 6.44. The first-order valence-electron chi connectivity index (χ1n) is 5.08. The Hall–Kier alpha value is -0.0800. The highest BCUT2D eigenvalue weighted by Gasteiger charge is 2.12. The summed E-state index contributed by atoms with van der Waals surface area (Å²) in [6.45, 7) is 8.98. The molecule has 0 aromatic rings. The molecule has 0 bridgehead atoms. The van der Waals surface area contributed by atoms with Crippen LogP contribution in [0.3, 0.4) is 0 Å². The first-order valence-corrected chi connectivity index (χ1v) is 5.08. The first kappa shape index (κ1) is 11.9. The lowest BCUT2D eigenvalue weighted by Crippen LogP contribution is -2.46. The zero-order valence-electron chi connectivity index (χ0n) is 9.15. The van der Waals surface area contributed by atoms with E-state index in [-0.39, 0.29) is 0 Å². The summed E-state index contributed by atoms with van der Waals surface area (Å²) in [5, 5.41) is 6.81. The fourth-order valence-corrected chi connectivity index (χ4v) is 1.24. The molecule has 0 saturated carbocycles. The summed E-state index contributed by atoms with van der Waals surface area (Å²) in [6.07, 6.45) is 2.85. The Bertz CT molecular complexity index is 100. The topological polar surface area (TPSA) is 24.1 Å². The third-order valence-electron chi connectivity index (χ3n) is 2.72. The van der Waals surface area contributed by atoms with Crippen LogP contribution in [0.15, 0.2) is 0 Å². The van der Waals surface area contributed by atoms with E-state index < -0.39 is 0 Å². The van der Waals surface area contributed by atoms with E-state index in [1.54, 1.807) is 0 Å². The van der Waals surface area contributed by atoms with Gasteiger partial charge in [-0.3, -0.25) is 5.32 Å². The van der Waals surface area contributed by atoms with Gasteiger partial charge in [-0.05, 0) is 26.3 Å². The Morgan fingerprint density at radius 1 is 1.08 bits per heavy atom. The van der Waals surface area contributed by atoms with Crippen LogP contribution in [0.5, 0.6) is 0 Å². The molecule has 3 atom stereocenters. The van der Waals surface area contributed by atoms with Crippen LogP contribution in [0.2, 0.25) is 0 Å². The molecule has 74 valence electrons. The summed E-state index contributed by atoms with van der Waals surface area (Å²) in [5.41, 5.74) is 0. The Kier molecular flexibility index (Phi) is 6.39. The number of hydrogen-bond donors (Lipinski definition) is 2. The zero-order valence-corrected chi connectivity index (χ0v) is 9.15. The van der Waals surface area contributed by atoms with E-state index in [0.717, 1.165) is 12.3 Å². The molecule has 2 nitrogen and oxygen atoms in total. The molecule has 0 aliphatic carbocycles. The van der Waals surface area contributed by atoms with Crippen LogP contribution < -0.4 is 10.6 Å². The molecule has 0 aromatic heterocycles. The van der Waals surface area contributed by atoms with E-state index in [2.05, 4.69) is 38.3 Å². The molecule has 0 saturated heterocycles. The Labute approximate surface area is 77.1 Å². The average Bonchev–Trinajstić information content (AvgIpc) is 2.12. The van der Waals surface area contributed by atoms with Crippen LogP contribution in [-0.4, -0.2) is 19.3 Å². The van der Waals surface area contributed by atoms with E-state index in [9.17, 15) is 0 Å². The quantitative estimate of drug-likeness (QED) is 0.599. The van der Waals surface area contributed by atoms with Gasteiger partial charge in [0.25, 0.3) is 0 Å². The normalized spacial score (nSPS) is 18.8. The molecule has 12 heavy (non-hydrogen) atoms. The number of rotatable bonds is 6. The van der Waals surface area contributed by atoms with Crippen molar-refractivity contribution in [1.29, 1.82) is 0 Å². The van der Waals surface area contributed by atoms with E-state index in [1.807, 2.05) is 7.05 Å². The summed E-state index contributed by atoms with van der Waals surface area (Å²) in [5.74, 6) is 0.757. The summed E-state index contributed by atoms with van der Waals surface area (Å²) in [7, 11) is 2.00. The maximum absolute atomic E-state index is 3.56. The van der Waals surface area contributed by atoms with Crippen LogP contribution in [0.4, 0.5) is 0 Å². The maximum atomic E-state index is 3.56. The van der Waals surface area contributed by atoms with Gasteiger partial charge in [0, 0.05) is 6.04 Å². The van der Waals surface area contributed by atoms with E-state index in [4.69, 9.17) is 0 Å². The molecule has 0 heterocycles. The van der Waals surface area contributed by atoms with Gasteiger partial charge < -0.3 is 5.32 Å². The molecule has 0 fully saturated rings. The van der Waals surface area contributed by atoms with Gasteiger partial charge in [0.1, 0.15) is 0 Å². The molecule has 0 radical (unpaired) electrons. The smallest absolute Gasteiger partial charge is 0.0568 e. The molecular formula is C10H24N2. The van der Waals surface area contributed by atoms with Crippen molar-refractivity contribution in [3.63, 3.8) is 0 Å². The fourth-order valence-electron chi connectivity index (χ4n) is 1.24. The molecule has 3 unspecified atom stereocenters. The zero-order chi connectivity index (χ0) is 9.56. The molecular weight excluding hydrogens is 148 g/mol. The molecule has 2 N–H and O–H groups in total. The SMILES string of the molecule is CCC(NC)NC(C)C(C)CC. The van der Waals surface area contributed by atoms with Crippen molar-refractivity contribution in [2.45, 2.75) is 52.7 Å². The monoisotopic (exact) mass is 172 g/mol. The second-order valence-electron chi connectivity index (χ2n) is 3.59. The van der Waals surface area contributed by atoms with Crippen LogP contribution in [0.25, 0.3) is 0 Å². The van der Waals surface area contributed by atoms with Crippen molar-refractivity contribution in [3.8, 4) is 0 Å². The van der Waals surface area contributed by atoms with Crippen molar-refractivity contribution in [2.24, 2.45) is 5.92 Å². The highest BCUT2D eigenvalue weighted by atomic mass is 15.1. The lowest BCUT2D eigenvalue weighted by atomic mass is 10.0. The predicted octanol–water partition coefficient (Wildman–Crippen LogP) is 1.97. The Morgan fingerprint density at radius 3 is 2.00 bits per heavy atom. The molecule has 0 aromatic carbocycles. The third-order valence-corrected chi connectivity index (χ3v) is 2.72. The third kappa shape index (κ3) is 4.07. The van der Waals surface area contributed by atoms with Gasteiger partial charge in [-0.2, -0.15) is 0 Å². The average molecular weight is 172 g/mol. The lowest BCUT2D eigenvalue weighted by Gasteiger charge is -2.25. The summed E-state index contributed by atoms with van der Waals surface area (Å²) >= 11 is 0. The van der Waals surface area contributed by atoms with Gasteiger partial charge in [-0.1, -0.05) is 27.2 Å². The number of hydrogen-bond acceptors (Lipinski definition) is 2. The number of nitrogens with one attached hydrogen (secondary N) is 2. The van der Waals surface area contributed by atoms with E-state index in [1.165, 1.54) is 6.42 Å². The Morgan fingerprint density at radius 2 is 1.67 bits per heavy atom. The second-order valence-corrected chi connectivity index (χ2v) is 3.59. The predicted molar refractivity (Wildman–Crippen MR) is 55.2 cm³/mol. The minimum absolute atomic E-state index is 0.467. The summed E-state index contributed by atoms with van der Waals surface area (Å²) in [6, 6.07) is 0.604. The van der Waals surface area contributed by atoms with Crippen molar-refractivity contribution in [3.05, 3.63) is 0 Å². The van der Waals surface area contributed by atoms with Gasteiger partial charge >= 0.3 is 0 Å². The van der Waals surface area contributed by atoms with Gasteiger partial charge in [0.05, 0.1) is 6.17 Å². The van der Waals surface area contributed by atoms with Crippen molar-refractivity contribution in [2.75, 3.05) is 7.05 Å². The largest absolute Gasteiger partial charge is 0.305 e. The molecule has 0 aliphatic heterocycles. The van der Waals surface area contributed by atoms with Crippen molar-refractivity contribution >= 4 is 0 Å². The fraction of sp³-hybridized carbons (Fsp3) is 1.00. The van der Waals surface area contributed by atoms with Gasteiger partial charge in [-0.15, -0.1) is 0 Å². The van der Waals surface area contributed by atoms with Crippen LogP contribution in [0, 0.1) is 5.92 Å². The van der Waals surface area contributed by atoms with Gasteiger partial charge in [0.15, 0.2) is 0 Å². The van der Waals surface area contributed by atoms with E-state index in [0.29, 0.717) is 12.2 Å². The van der Waals surface area contributed by atoms with Crippen molar-refractivity contribution in [1.82, 2.24) is 10.6 Å². The minimum Gasteiger partial charge on any atom is -0.305 e. The molecule has 0 amide bonds. The molecule has 0 aliphatic rings. The maximum Gasteiger partial charge on any atom is 0.0568 e. The first-order chi connectivity index (χ1) is 5.65. The van der Waals surface area contributed by atoms with Crippen LogP contribution >= 0.6 is 0 Å². The minimum atomic E-state index is 0.467. The molecule has 2 heteroatoms. The Balaban J connectivity index is 3.72. The summed E-state index contributed by atoms with van der Waals surface area (Å²) < 4.78 is 0. The molecule has 0 spiro atoms. The van der Waals surface area contributed by atoms with E-state index >= 15 is 0 Å². The summed E-state index contributed by atoms with van der Waals surface area (Å²) in [4.78, 5) is 0. The lowest BCUT2D eigenvalue weighted by molar-refractivity contribution is 0.320. The van der Waals surface area contributed by atoms with Gasteiger partial charge in [0.2, 0.25) is 0 Å². The highest BCUT2D eigenvalue weighted by Crippen LogP contribution is 2.07. The van der Waals surface area contributed by atoms with Crippen LogP contribution in [-0.2, 0) is 0 Å². The highest BCUT2D eigenvalue weighted by molar-refractivity contribution is 4.71. The van der Waals surface area contributed by atoms with Crippen LogP contribution in [0.1, 0.15) is 40.5 Å².